The molecule has 1 aromatic carbocycles. The van der Waals surface area contributed by atoms with Crippen molar-refractivity contribution < 1.29 is 13.6 Å². The van der Waals surface area contributed by atoms with Crippen LogP contribution in [0.2, 0.25) is 0 Å². The van der Waals surface area contributed by atoms with Crippen molar-refractivity contribution in [1.82, 2.24) is 15.3 Å². The summed E-state index contributed by atoms with van der Waals surface area (Å²) in [5, 5.41) is 2.65. The number of nitrogens with zero attached hydrogens (tertiary/aromatic N) is 2. The van der Waals surface area contributed by atoms with Crippen molar-refractivity contribution in [3.8, 4) is 11.5 Å². The van der Waals surface area contributed by atoms with Crippen LogP contribution in [0.3, 0.4) is 0 Å². The molecule has 2 heterocycles. The number of carbonyl (C=O) groups excluding carboxylic acids is 1. The Morgan fingerprint density at radius 1 is 1.18 bits per heavy atom. The Bertz CT molecular complexity index is 770. The minimum absolute atomic E-state index is 0.181. The predicted molar refractivity (Wildman–Crippen MR) is 77.3 cm³/mol. The van der Waals surface area contributed by atoms with Crippen LogP contribution >= 0.6 is 0 Å². The monoisotopic (exact) mass is 297 g/mol. The molecule has 0 radical (unpaired) electrons. The van der Waals surface area contributed by atoms with Crippen LogP contribution < -0.4 is 5.32 Å². The number of oxazole rings is 1. The summed E-state index contributed by atoms with van der Waals surface area (Å²) >= 11 is 0. The van der Waals surface area contributed by atoms with Crippen molar-refractivity contribution in [1.29, 1.82) is 0 Å². The first-order valence-electron chi connectivity index (χ1n) is 6.62. The molecule has 0 aliphatic carbocycles. The number of pyridine rings is 1. The number of rotatable bonds is 4. The Morgan fingerprint density at radius 2 is 2.00 bits per heavy atom. The summed E-state index contributed by atoms with van der Waals surface area (Å²) in [4.78, 5) is 20.0. The van der Waals surface area contributed by atoms with Crippen LogP contribution in [0.1, 0.15) is 16.2 Å². The van der Waals surface area contributed by atoms with Gasteiger partial charge in [-0.2, -0.15) is 0 Å². The minimum Gasteiger partial charge on any atom is -0.444 e. The van der Waals surface area contributed by atoms with Crippen molar-refractivity contribution in [2.45, 2.75) is 6.54 Å². The van der Waals surface area contributed by atoms with Gasteiger partial charge in [-0.1, -0.05) is 18.2 Å². The van der Waals surface area contributed by atoms with Crippen LogP contribution in [0.4, 0.5) is 4.39 Å². The first kappa shape index (κ1) is 13.9. The van der Waals surface area contributed by atoms with Gasteiger partial charge >= 0.3 is 0 Å². The normalized spacial score (nSPS) is 10.4. The molecule has 0 aliphatic heterocycles. The van der Waals surface area contributed by atoms with Crippen LogP contribution in [-0.2, 0) is 6.54 Å². The lowest BCUT2D eigenvalue weighted by atomic mass is 10.2. The lowest BCUT2D eigenvalue weighted by molar-refractivity contribution is 0.0945. The molecule has 1 N–H and O–H groups in total. The third-order valence-electron chi connectivity index (χ3n) is 2.98. The number of benzene rings is 1. The highest BCUT2D eigenvalue weighted by Gasteiger charge is 2.13. The average molecular weight is 297 g/mol. The fourth-order valence-corrected chi connectivity index (χ4v) is 1.86. The van der Waals surface area contributed by atoms with E-state index in [4.69, 9.17) is 4.42 Å². The van der Waals surface area contributed by atoms with Crippen LogP contribution in [-0.4, -0.2) is 15.9 Å². The second kappa shape index (κ2) is 6.17. The van der Waals surface area contributed by atoms with Crippen molar-refractivity contribution in [2.24, 2.45) is 0 Å². The Hall–Kier alpha value is -3.02. The van der Waals surface area contributed by atoms with E-state index in [-0.39, 0.29) is 18.1 Å². The molecule has 6 heteroatoms. The number of hydrogen-bond donors (Lipinski definition) is 1. The smallest absolute Gasteiger partial charge is 0.273 e. The number of aromatic nitrogens is 2. The molecule has 2 aromatic heterocycles. The van der Waals surface area contributed by atoms with Gasteiger partial charge in [0.1, 0.15) is 12.1 Å². The van der Waals surface area contributed by atoms with Gasteiger partial charge in [0.2, 0.25) is 5.89 Å². The molecule has 3 rings (SSSR count). The second-order valence-electron chi connectivity index (χ2n) is 4.55. The SMILES string of the molecule is O=C(NCc1ccc(F)cn1)c1coc(-c2ccccc2)n1. The summed E-state index contributed by atoms with van der Waals surface area (Å²) in [6, 6.07) is 12.1. The topological polar surface area (TPSA) is 68.0 Å². The Morgan fingerprint density at radius 3 is 2.73 bits per heavy atom. The lowest BCUT2D eigenvalue weighted by Gasteiger charge is -2.01. The van der Waals surface area contributed by atoms with Crippen LogP contribution in [0, 0.1) is 5.82 Å². The maximum atomic E-state index is 12.7. The van der Waals surface area contributed by atoms with Crippen LogP contribution in [0.5, 0.6) is 0 Å². The highest BCUT2D eigenvalue weighted by atomic mass is 19.1. The summed E-state index contributed by atoms with van der Waals surface area (Å²) in [5.41, 5.74) is 1.53. The number of halogens is 1. The van der Waals surface area contributed by atoms with Gasteiger partial charge in [-0.15, -0.1) is 0 Å². The third-order valence-corrected chi connectivity index (χ3v) is 2.98. The third kappa shape index (κ3) is 3.17. The molecule has 5 nitrogen and oxygen atoms in total. The highest BCUT2D eigenvalue weighted by molar-refractivity contribution is 5.92. The van der Waals surface area contributed by atoms with E-state index in [1.54, 1.807) is 0 Å². The van der Waals surface area contributed by atoms with Crippen molar-refractivity contribution in [3.05, 3.63) is 72.1 Å². The van der Waals surface area contributed by atoms with E-state index >= 15 is 0 Å². The fourth-order valence-electron chi connectivity index (χ4n) is 1.86. The molecule has 110 valence electrons. The van der Waals surface area contributed by atoms with E-state index in [0.29, 0.717) is 11.6 Å². The molecule has 3 aromatic rings. The van der Waals surface area contributed by atoms with E-state index in [1.165, 1.54) is 18.4 Å². The van der Waals surface area contributed by atoms with Gasteiger partial charge in [-0.25, -0.2) is 9.37 Å². The van der Waals surface area contributed by atoms with Gasteiger partial charge in [0, 0.05) is 5.56 Å². The molecule has 0 unspecified atom stereocenters. The molecule has 1 amide bonds. The quantitative estimate of drug-likeness (QED) is 0.804. The summed E-state index contributed by atoms with van der Waals surface area (Å²) in [6.45, 7) is 0.187. The zero-order valence-corrected chi connectivity index (χ0v) is 11.5. The van der Waals surface area contributed by atoms with E-state index in [2.05, 4.69) is 15.3 Å². The first-order chi connectivity index (χ1) is 10.7. The molecule has 0 spiro atoms. The van der Waals surface area contributed by atoms with Gasteiger partial charge in [-0.3, -0.25) is 9.78 Å². The van der Waals surface area contributed by atoms with Gasteiger partial charge < -0.3 is 9.73 Å². The summed E-state index contributed by atoms with van der Waals surface area (Å²) in [6.07, 6.45) is 2.40. The Balaban J connectivity index is 1.66. The standard InChI is InChI=1S/C16H12FN3O2/c17-12-6-7-13(18-8-12)9-19-15(21)14-10-22-16(20-14)11-4-2-1-3-5-11/h1-8,10H,9H2,(H,19,21). The fraction of sp³-hybridized carbons (Fsp3) is 0.0625. The molecule has 0 fully saturated rings. The molecule has 0 atom stereocenters. The molecule has 0 saturated heterocycles. The molecule has 0 saturated carbocycles. The van der Waals surface area contributed by atoms with Gasteiger partial charge in [0.15, 0.2) is 5.69 Å². The average Bonchev–Trinajstić information content (AvgIpc) is 3.05. The molecule has 22 heavy (non-hydrogen) atoms. The number of carbonyl (C=O) groups is 1. The van der Waals surface area contributed by atoms with Gasteiger partial charge in [-0.05, 0) is 24.3 Å². The van der Waals surface area contributed by atoms with Crippen molar-refractivity contribution in [3.63, 3.8) is 0 Å². The Kier molecular flexibility index (Phi) is 3.91. The first-order valence-corrected chi connectivity index (χ1v) is 6.62. The summed E-state index contributed by atoms with van der Waals surface area (Å²) in [5.74, 6) is -0.415. The Labute approximate surface area is 125 Å². The largest absolute Gasteiger partial charge is 0.444 e. The second-order valence-corrected chi connectivity index (χ2v) is 4.55. The number of amides is 1. The summed E-state index contributed by atoms with van der Waals surface area (Å²) < 4.78 is 18.0. The van der Waals surface area contributed by atoms with E-state index in [0.717, 1.165) is 11.8 Å². The van der Waals surface area contributed by atoms with Crippen LogP contribution in [0.15, 0.2) is 59.3 Å². The van der Waals surface area contributed by atoms with Crippen molar-refractivity contribution in [2.75, 3.05) is 0 Å². The number of hydrogen-bond acceptors (Lipinski definition) is 4. The minimum atomic E-state index is -0.418. The molecular weight excluding hydrogens is 285 g/mol. The lowest BCUT2D eigenvalue weighted by Crippen LogP contribution is -2.23. The van der Waals surface area contributed by atoms with E-state index < -0.39 is 5.82 Å². The zero-order valence-electron chi connectivity index (χ0n) is 11.5. The molecule has 0 aliphatic rings. The zero-order chi connectivity index (χ0) is 15.4. The molecule has 0 bridgehead atoms. The van der Waals surface area contributed by atoms with E-state index in [9.17, 15) is 9.18 Å². The molecular formula is C16H12FN3O2. The highest BCUT2D eigenvalue weighted by Crippen LogP contribution is 2.17. The number of nitrogens with one attached hydrogen (secondary N) is 1. The summed E-state index contributed by atoms with van der Waals surface area (Å²) in [7, 11) is 0. The van der Waals surface area contributed by atoms with Crippen LogP contribution in [0.25, 0.3) is 11.5 Å². The van der Waals surface area contributed by atoms with E-state index in [1.807, 2.05) is 30.3 Å². The van der Waals surface area contributed by atoms with Gasteiger partial charge in [0.25, 0.3) is 5.91 Å². The van der Waals surface area contributed by atoms with Gasteiger partial charge in [0.05, 0.1) is 18.4 Å². The maximum absolute atomic E-state index is 12.7. The van der Waals surface area contributed by atoms with Crippen molar-refractivity contribution >= 4 is 5.91 Å². The predicted octanol–water partition coefficient (Wildman–Crippen LogP) is 2.81. The maximum Gasteiger partial charge on any atom is 0.273 e.